The number of nitrogens with two attached hydrogens (primary N) is 1. The first-order valence-electron chi connectivity index (χ1n) is 15.5. The van der Waals surface area contributed by atoms with Crippen LogP contribution in [0.5, 0.6) is 0 Å². The lowest BCUT2D eigenvalue weighted by atomic mass is 10.1. The van der Waals surface area contributed by atoms with E-state index in [9.17, 15) is 0 Å². The summed E-state index contributed by atoms with van der Waals surface area (Å²) in [4.78, 5) is 3.61. The first-order valence-corrected chi connectivity index (χ1v) is 16.3. The Morgan fingerprint density at radius 1 is 0.957 bits per heavy atom. The highest BCUT2D eigenvalue weighted by Gasteiger charge is 2.16. The second-order valence-corrected chi connectivity index (χ2v) is 12.0. The molecule has 1 heterocycles. The zero-order chi connectivity index (χ0) is 32.8. The monoisotopic (exact) mass is 629 g/mol. The molecule has 0 fully saturated rings. The molecule has 0 saturated carbocycles. The molecule has 3 nitrogen and oxygen atoms in total. The van der Waals surface area contributed by atoms with Gasteiger partial charge in [-0.3, -0.25) is 11.3 Å². The molecule has 0 atom stereocenters. The zero-order valence-corrected chi connectivity index (χ0v) is 27.5. The van der Waals surface area contributed by atoms with E-state index < -0.39 is 0 Å². The minimum atomic E-state index is 0.628. The molecule has 5 aromatic rings. The average molecular weight is 630 g/mol. The maximum absolute atomic E-state index is 5.23. The van der Waals surface area contributed by atoms with Crippen molar-refractivity contribution in [1.29, 1.82) is 0 Å². The lowest BCUT2D eigenvalue weighted by Gasteiger charge is -2.23. The Hall–Kier alpha value is -5.44. The zero-order valence-electron chi connectivity index (χ0n) is 26.7. The molecule has 0 unspecified atom stereocenters. The van der Waals surface area contributed by atoms with Gasteiger partial charge in [0.05, 0.1) is 0 Å². The van der Waals surface area contributed by atoms with Crippen molar-refractivity contribution in [2.24, 2.45) is 5.84 Å². The molecule has 0 amide bonds. The van der Waals surface area contributed by atoms with Crippen LogP contribution in [0.3, 0.4) is 0 Å². The van der Waals surface area contributed by atoms with Crippen molar-refractivity contribution >= 4 is 50.9 Å². The van der Waals surface area contributed by atoms with Crippen LogP contribution in [0, 0.1) is 6.92 Å². The highest BCUT2D eigenvalue weighted by Crippen LogP contribution is 2.39. The van der Waals surface area contributed by atoms with Crippen LogP contribution in [0.2, 0.25) is 0 Å². The Labute approximate surface area is 282 Å². The van der Waals surface area contributed by atoms with Gasteiger partial charge in [0.1, 0.15) is 0 Å². The van der Waals surface area contributed by atoms with Crippen molar-refractivity contribution in [3.8, 4) is 0 Å². The van der Waals surface area contributed by atoms with Gasteiger partial charge in [0.15, 0.2) is 0 Å². The molecule has 1 aromatic heterocycles. The van der Waals surface area contributed by atoms with Crippen molar-refractivity contribution in [2.75, 3.05) is 11.4 Å². The van der Waals surface area contributed by atoms with Crippen LogP contribution in [-0.4, -0.2) is 6.54 Å². The predicted molar refractivity (Wildman–Crippen MR) is 206 cm³/mol. The van der Waals surface area contributed by atoms with Crippen molar-refractivity contribution < 1.29 is 0 Å². The molecule has 0 radical (unpaired) electrons. The summed E-state index contributed by atoms with van der Waals surface area (Å²) in [7, 11) is 0. The number of benzene rings is 4. The second kappa shape index (κ2) is 16.7. The Bertz CT molecular complexity index is 2020. The first kappa shape index (κ1) is 32.9. The number of anilines is 1. The number of nitrogens with zero attached hydrogens (tertiary/aromatic N) is 1. The van der Waals surface area contributed by atoms with Crippen LogP contribution in [0.4, 0.5) is 5.69 Å². The maximum atomic E-state index is 5.23. The van der Waals surface area contributed by atoms with Crippen molar-refractivity contribution in [3.05, 3.63) is 197 Å². The van der Waals surface area contributed by atoms with E-state index >= 15 is 0 Å². The molecular formula is C43H39N3S. The van der Waals surface area contributed by atoms with Crippen molar-refractivity contribution in [3.63, 3.8) is 0 Å². The van der Waals surface area contributed by atoms with Crippen LogP contribution < -0.4 is 16.2 Å². The van der Waals surface area contributed by atoms with Crippen LogP contribution in [0.25, 0.3) is 33.9 Å². The summed E-state index contributed by atoms with van der Waals surface area (Å²) in [6.07, 6.45) is 16.2. The number of aryl methyl sites for hydroxylation is 1. The van der Waals surface area contributed by atoms with Crippen LogP contribution in [-0.2, 0) is 6.54 Å². The number of nitrogens with one attached hydrogen (secondary N) is 1. The molecule has 0 saturated heterocycles. The minimum absolute atomic E-state index is 0.628. The predicted octanol–water partition coefficient (Wildman–Crippen LogP) is 10.5. The molecule has 1 aliphatic carbocycles. The quantitative estimate of drug-likeness (QED) is 0.0648. The topological polar surface area (TPSA) is 41.3 Å². The van der Waals surface area contributed by atoms with E-state index in [-0.39, 0.29) is 0 Å². The maximum Gasteiger partial charge on any atom is 0.0476 e. The van der Waals surface area contributed by atoms with Gasteiger partial charge in [-0.05, 0) is 65.1 Å². The summed E-state index contributed by atoms with van der Waals surface area (Å²) in [6, 6.07) is 35.6. The normalized spacial score (nSPS) is 11.8. The summed E-state index contributed by atoms with van der Waals surface area (Å²) >= 11 is 1.84. The number of hydrazine groups is 1. The summed E-state index contributed by atoms with van der Waals surface area (Å²) in [5.41, 5.74) is 18.3. The molecule has 1 aliphatic rings. The Morgan fingerprint density at radius 2 is 1.66 bits per heavy atom. The SMILES string of the molecule is C=C/C(=C\C=Cc1ccccc1)CNN.C=C=C(/C=C\N(Cc1ccccc1)c1cc2c3c(sc2cc1C)C=C=C3)c1ccccc1. The Morgan fingerprint density at radius 3 is 2.34 bits per heavy atom. The minimum Gasteiger partial charge on any atom is -0.343 e. The highest BCUT2D eigenvalue weighted by atomic mass is 32.1. The van der Waals surface area contributed by atoms with Crippen LogP contribution in [0.1, 0.15) is 32.7 Å². The number of rotatable bonds is 11. The van der Waals surface area contributed by atoms with Gasteiger partial charge in [-0.15, -0.1) is 22.8 Å². The number of hydrogen-bond donors (Lipinski definition) is 2. The number of allylic oxidation sites excluding steroid dienone is 4. The lowest BCUT2D eigenvalue weighted by Crippen LogP contribution is -2.23. The van der Waals surface area contributed by atoms with Crippen LogP contribution in [0.15, 0.2) is 164 Å². The van der Waals surface area contributed by atoms with E-state index in [4.69, 9.17) is 5.84 Å². The fourth-order valence-electron chi connectivity index (χ4n) is 5.24. The van der Waals surface area contributed by atoms with Crippen LogP contribution >= 0.6 is 11.3 Å². The van der Waals surface area contributed by atoms with Gasteiger partial charge in [0, 0.05) is 51.1 Å². The summed E-state index contributed by atoms with van der Waals surface area (Å²) in [6.45, 7) is 11.2. The van der Waals surface area contributed by atoms with E-state index in [2.05, 4.69) is 133 Å². The van der Waals surface area contributed by atoms with E-state index in [0.29, 0.717) is 6.54 Å². The van der Waals surface area contributed by atoms with Gasteiger partial charge in [-0.25, -0.2) is 0 Å². The van der Waals surface area contributed by atoms with Gasteiger partial charge in [-0.1, -0.05) is 128 Å². The summed E-state index contributed by atoms with van der Waals surface area (Å²) in [5, 5.41) is 1.29. The fraction of sp³-hybridized carbons (Fsp3) is 0.0698. The third-order valence-electron chi connectivity index (χ3n) is 7.68. The number of thiophene rings is 1. The van der Waals surface area contributed by atoms with Gasteiger partial charge < -0.3 is 4.90 Å². The van der Waals surface area contributed by atoms with E-state index in [0.717, 1.165) is 23.3 Å². The molecule has 0 aliphatic heterocycles. The molecule has 232 valence electrons. The van der Waals surface area contributed by atoms with Crippen molar-refractivity contribution in [1.82, 2.24) is 5.43 Å². The summed E-state index contributed by atoms with van der Waals surface area (Å²) in [5.74, 6) is 5.23. The van der Waals surface area contributed by atoms with E-state index in [1.54, 1.807) is 6.08 Å². The van der Waals surface area contributed by atoms with Gasteiger partial charge in [0.25, 0.3) is 0 Å². The standard InChI is InChI=1S/C30H23NS.C13H16N2/c1-3-24(25-13-8-5-9-14-25)17-18-31(21-23-11-6-4-7-12-23)28-20-27-26-15-10-16-29(26)32-30(27)19-22(28)2;1-2-12(11-15-14)9-6-10-13-7-4-3-5-8-13/h4-9,11-20H,1,21H2,2H3;2-10,15H,1,11,14H2/b18-17-;10-6?,12-9+. The fourth-order valence-corrected chi connectivity index (χ4v) is 6.40. The number of hydrogen-bond acceptors (Lipinski definition) is 4. The first-order chi connectivity index (χ1) is 23.1. The third-order valence-corrected chi connectivity index (χ3v) is 8.80. The summed E-state index contributed by atoms with van der Waals surface area (Å²) < 4.78 is 1.32. The van der Waals surface area contributed by atoms with E-state index in [1.165, 1.54) is 42.9 Å². The van der Waals surface area contributed by atoms with Gasteiger partial charge in [0.2, 0.25) is 0 Å². The van der Waals surface area contributed by atoms with Crippen molar-refractivity contribution in [2.45, 2.75) is 13.5 Å². The molecule has 0 spiro atoms. The molecule has 47 heavy (non-hydrogen) atoms. The Balaban J connectivity index is 0.000000244. The molecule has 6 rings (SSSR count). The van der Waals surface area contributed by atoms with Gasteiger partial charge in [-0.2, -0.15) is 0 Å². The Kier molecular flexibility index (Phi) is 11.7. The molecule has 4 heteroatoms. The third kappa shape index (κ3) is 8.85. The largest absolute Gasteiger partial charge is 0.343 e. The number of fused-ring (bicyclic) bond motifs is 3. The molecule has 3 N–H and O–H groups in total. The average Bonchev–Trinajstić information content (AvgIpc) is 3.70. The highest BCUT2D eigenvalue weighted by molar-refractivity contribution is 7.20. The second-order valence-electron chi connectivity index (χ2n) is 11.0. The van der Waals surface area contributed by atoms with Gasteiger partial charge >= 0.3 is 0 Å². The lowest BCUT2D eigenvalue weighted by molar-refractivity contribution is 0.806. The molecular weight excluding hydrogens is 591 g/mol. The molecule has 0 bridgehead atoms. The smallest absolute Gasteiger partial charge is 0.0476 e. The molecule has 4 aromatic carbocycles. The van der Waals surface area contributed by atoms with E-state index in [1.807, 2.05) is 66.0 Å².